The van der Waals surface area contributed by atoms with Crippen molar-refractivity contribution in [3.05, 3.63) is 47.8 Å². The fourth-order valence-corrected chi connectivity index (χ4v) is 2.03. The van der Waals surface area contributed by atoms with Gasteiger partial charge in [0.25, 0.3) is 5.91 Å². The van der Waals surface area contributed by atoms with Gasteiger partial charge >= 0.3 is 0 Å². The van der Waals surface area contributed by atoms with Crippen molar-refractivity contribution in [1.29, 1.82) is 0 Å². The van der Waals surface area contributed by atoms with E-state index in [9.17, 15) is 15.0 Å². The molecule has 6 nitrogen and oxygen atoms in total. The number of carbonyl (C=O) groups excluding carboxylic acids is 1. The van der Waals surface area contributed by atoms with E-state index in [0.29, 0.717) is 17.9 Å². The molecule has 0 saturated carbocycles. The lowest BCUT2D eigenvalue weighted by molar-refractivity contribution is -0.102. The molecule has 1 aromatic rings. The van der Waals surface area contributed by atoms with E-state index in [0.717, 1.165) is 6.42 Å². The van der Waals surface area contributed by atoms with Crippen molar-refractivity contribution in [3.63, 3.8) is 0 Å². The summed E-state index contributed by atoms with van der Waals surface area (Å²) in [6.45, 7) is 2.50. The molecule has 0 saturated heterocycles. The molecule has 2 atom stereocenters. The first-order valence-corrected chi connectivity index (χ1v) is 6.58. The number of nitrogens with one attached hydrogen (secondary N) is 2. The summed E-state index contributed by atoms with van der Waals surface area (Å²) in [4.78, 5) is 13.4. The summed E-state index contributed by atoms with van der Waals surface area (Å²) in [5.41, 5.74) is 0.509. The quantitative estimate of drug-likeness (QED) is 0.630. The fourth-order valence-electron chi connectivity index (χ4n) is 2.03. The van der Waals surface area contributed by atoms with Crippen LogP contribution in [0.2, 0.25) is 0 Å². The first-order valence-electron chi connectivity index (χ1n) is 6.58. The molecule has 0 spiro atoms. The van der Waals surface area contributed by atoms with Gasteiger partial charge in [-0.25, -0.2) is 4.90 Å². The molecule has 1 aromatic carbocycles. The third-order valence-corrected chi connectivity index (χ3v) is 3.02. The number of benzene rings is 1. The van der Waals surface area contributed by atoms with E-state index in [-0.39, 0.29) is 5.91 Å². The lowest BCUT2D eigenvalue weighted by atomic mass is 10.2. The number of nitrogens with zero attached hydrogens (tertiary/aromatic N) is 1. The van der Waals surface area contributed by atoms with E-state index in [1.165, 1.54) is 11.0 Å². The molecule has 0 bridgehead atoms. The van der Waals surface area contributed by atoms with Crippen molar-refractivity contribution in [3.8, 4) is 0 Å². The van der Waals surface area contributed by atoms with Crippen LogP contribution in [0.15, 0.2) is 42.2 Å². The minimum atomic E-state index is -1.03. The predicted octanol–water partition coefficient (Wildman–Crippen LogP) is 0.167. The Bertz CT molecular complexity index is 490. The molecule has 0 aliphatic carbocycles. The third kappa shape index (κ3) is 3.36. The number of aliphatic hydroxyl groups is 2. The Morgan fingerprint density at radius 2 is 2.05 bits per heavy atom. The van der Waals surface area contributed by atoms with Gasteiger partial charge in [-0.15, -0.1) is 0 Å². The lowest BCUT2D eigenvalue weighted by Crippen LogP contribution is -2.56. The minimum absolute atomic E-state index is 0.297. The van der Waals surface area contributed by atoms with E-state index in [2.05, 4.69) is 10.6 Å². The van der Waals surface area contributed by atoms with Gasteiger partial charge < -0.3 is 20.8 Å². The summed E-state index contributed by atoms with van der Waals surface area (Å²) in [6, 6.07) is 8.74. The SMILES string of the molecule is CCCN1C(O)C=C(NC(=O)c2ccccc2)NC1O. The Morgan fingerprint density at radius 3 is 2.65 bits per heavy atom. The van der Waals surface area contributed by atoms with Crippen LogP contribution in [0.3, 0.4) is 0 Å². The molecule has 2 unspecified atom stereocenters. The topological polar surface area (TPSA) is 84.8 Å². The highest BCUT2D eigenvalue weighted by atomic mass is 16.3. The lowest BCUT2D eigenvalue weighted by Gasteiger charge is -2.36. The average Bonchev–Trinajstić information content (AvgIpc) is 2.44. The monoisotopic (exact) mass is 277 g/mol. The zero-order valence-electron chi connectivity index (χ0n) is 11.3. The Hall–Kier alpha value is -1.89. The average molecular weight is 277 g/mol. The molecular formula is C14H19N3O3. The highest BCUT2D eigenvalue weighted by molar-refractivity contribution is 5.95. The maximum Gasteiger partial charge on any atom is 0.256 e. The van der Waals surface area contributed by atoms with E-state index in [4.69, 9.17) is 0 Å². The maximum atomic E-state index is 12.0. The normalized spacial score (nSPS) is 22.9. The molecule has 1 amide bonds. The van der Waals surface area contributed by atoms with E-state index >= 15 is 0 Å². The summed E-state index contributed by atoms with van der Waals surface area (Å²) >= 11 is 0. The number of hydrogen-bond acceptors (Lipinski definition) is 5. The van der Waals surface area contributed by atoms with Crippen molar-refractivity contribution in [1.82, 2.24) is 15.5 Å². The number of rotatable bonds is 4. The molecule has 6 heteroatoms. The smallest absolute Gasteiger partial charge is 0.256 e. The minimum Gasteiger partial charge on any atom is -0.374 e. The summed E-state index contributed by atoms with van der Waals surface area (Å²) < 4.78 is 0. The molecule has 1 aliphatic rings. The van der Waals surface area contributed by atoms with Gasteiger partial charge in [0.15, 0.2) is 6.35 Å². The predicted molar refractivity (Wildman–Crippen MR) is 74.1 cm³/mol. The summed E-state index contributed by atoms with van der Waals surface area (Å²) in [5.74, 6) is -0.00102. The summed E-state index contributed by atoms with van der Waals surface area (Å²) in [5, 5.41) is 25.2. The van der Waals surface area contributed by atoms with Crippen LogP contribution in [-0.4, -0.2) is 40.1 Å². The zero-order valence-corrected chi connectivity index (χ0v) is 11.3. The van der Waals surface area contributed by atoms with Gasteiger partial charge in [0.1, 0.15) is 12.0 Å². The van der Waals surface area contributed by atoms with Gasteiger partial charge in [-0.05, 0) is 24.6 Å². The van der Waals surface area contributed by atoms with Crippen LogP contribution in [0.4, 0.5) is 0 Å². The molecule has 2 rings (SSSR count). The van der Waals surface area contributed by atoms with Gasteiger partial charge in [-0.3, -0.25) is 4.79 Å². The number of hydrogen-bond donors (Lipinski definition) is 4. The zero-order chi connectivity index (χ0) is 14.5. The highest BCUT2D eigenvalue weighted by Gasteiger charge is 2.27. The van der Waals surface area contributed by atoms with Crippen LogP contribution in [-0.2, 0) is 0 Å². The number of carbonyl (C=O) groups is 1. The van der Waals surface area contributed by atoms with Gasteiger partial charge in [0, 0.05) is 12.1 Å². The number of aliphatic hydroxyl groups excluding tert-OH is 2. The largest absolute Gasteiger partial charge is 0.374 e. The van der Waals surface area contributed by atoms with E-state index in [1.54, 1.807) is 24.3 Å². The molecule has 0 radical (unpaired) electrons. The van der Waals surface area contributed by atoms with Gasteiger partial charge in [-0.1, -0.05) is 25.1 Å². The summed E-state index contributed by atoms with van der Waals surface area (Å²) in [6.07, 6.45) is 0.303. The number of amides is 1. The summed E-state index contributed by atoms with van der Waals surface area (Å²) in [7, 11) is 0. The molecule has 0 fully saturated rings. The Balaban J connectivity index is 2.04. The first-order chi connectivity index (χ1) is 9.61. The Morgan fingerprint density at radius 1 is 1.35 bits per heavy atom. The van der Waals surface area contributed by atoms with Crippen LogP contribution >= 0.6 is 0 Å². The first kappa shape index (κ1) is 14.5. The second kappa shape index (κ2) is 6.51. The van der Waals surface area contributed by atoms with Crippen molar-refractivity contribution in [2.75, 3.05) is 6.54 Å². The van der Waals surface area contributed by atoms with Crippen LogP contribution < -0.4 is 10.6 Å². The molecule has 1 aliphatic heterocycles. The van der Waals surface area contributed by atoms with Crippen LogP contribution in [0.25, 0.3) is 0 Å². The molecule has 20 heavy (non-hydrogen) atoms. The van der Waals surface area contributed by atoms with Crippen molar-refractivity contribution in [2.45, 2.75) is 25.9 Å². The fraction of sp³-hybridized carbons (Fsp3) is 0.357. The van der Waals surface area contributed by atoms with Crippen LogP contribution in [0, 0.1) is 0 Å². The van der Waals surface area contributed by atoms with Crippen LogP contribution in [0.1, 0.15) is 23.7 Å². The van der Waals surface area contributed by atoms with E-state index in [1.807, 2.05) is 13.0 Å². The van der Waals surface area contributed by atoms with Crippen molar-refractivity contribution < 1.29 is 15.0 Å². The van der Waals surface area contributed by atoms with Crippen molar-refractivity contribution in [2.24, 2.45) is 0 Å². The van der Waals surface area contributed by atoms with Gasteiger partial charge in [0.2, 0.25) is 0 Å². The standard InChI is InChI=1S/C14H19N3O3/c1-2-8-17-12(18)9-11(16-14(17)20)15-13(19)10-6-4-3-5-7-10/h3-7,9,12,14,16,18,20H,2,8H2,1H3,(H,15,19). The van der Waals surface area contributed by atoms with Gasteiger partial charge in [0.05, 0.1) is 0 Å². The molecule has 1 heterocycles. The molecular weight excluding hydrogens is 258 g/mol. The second-order valence-electron chi connectivity index (χ2n) is 4.57. The van der Waals surface area contributed by atoms with Crippen LogP contribution in [0.5, 0.6) is 0 Å². The highest BCUT2D eigenvalue weighted by Crippen LogP contribution is 2.11. The third-order valence-electron chi connectivity index (χ3n) is 3.02. The Labute approximate surface area is 117 Å². The Kier molecular flexibility index (Phi) is 4.73. The maximum absolute atomic E-state index is 12.0. The molecule has 0 aromatic heterocycles. The molecule has 108 valence electrons. The van der Waals surface area contributed by atoms with E-state index < -0.39 is 12.6 Å². The second-order valence-corrected chi connectivity index (χ2v) is 4.57. The van der Waals surface area contributed by atoms with Crippen molar-refractivity contribution >= 4 is 5.91 Å². The van der Waals surface area contributed by atoms with Gasteiger partial charge in [-0.2, -0.15) is 0 Å². The molecule has 4 N–H and O–H groups in total.